The monoisotopic (exact) mass is 474 g/mol. The molecule has 0 unspecified atom stereocenters. The molecule has 5 rings (SSSR count). The Bertz CT molecular complexity index is 1560. The molecule has 5 heterocycles. The molecular formula is C23H19ClN8O2. The van der Waals surface area contributed by atoms with Crippen molar-refractivity contribution in [3.8, 4) is 0 Å². The maximum absolute atomic E-state index is 13.4. The van der Waals surface area contributed by atoms with E-state index in [9.17, 15) is 9.59 Å². The molecule has 10 nitrogen and oxygen atoms in total. The fraction of sp³-hybridized carbons (Fsp3) is 0.217. The summed E-state index contributed by atoms with van der Waals surface area (Å²) in [6.07, 6.45) is 16.0. The van der Waals surface area contributed by atoms with E-state index in [0.717, 1.165) is 6.42 Å². The van der Waals surface area contributed by atoms with Crippen LogP contribution in [0.25, 0.3) is 16.6 Å². The average molecular weight is 475 g/mol. The highest BCUT2D eigenvalue weighted by Gasteiger charge is 2.33. The zero-order valence-electron chi connectivity index (χ0n) is 18.0. The van der Waals surface area contributed by atoms with Gasteiger partial charge in [-0.25, -0.2) is 9.97 Å². The number of nitrogens with one attached hydrogen (secondary N) is 1. The molecule has 1 atom stereocenters. The molecule has 0 spiro atoms. The molecule has 1 aliphatic heterocycles. The minimum absolute atomic E-state index is 0.163. The topological polar surface area (TPSA) is 114 Å². The van der Waals surface area contributed by atoms with E-state index in [4.69, 9.17) is 11.6 Å². The maximum Gasteiger partial charge on any atom is 0.285 e. The van der Waals surface area contributed by atoms with Gasteiger partial charge in [0.15, 0.2) is 11.3 Å². The second-order valence-corrected chi connectivity index (χ2v) is 7.99. The van der Waals surface area contributed by atoms with Gasteiger partial charge in [-0.15, -0.1) is 5.10 Å². The van der Waals surface area contributed by atoms with Crippen LogP contribution in [0.3, 0.4) is 0 Å². The largest absolute Gasteiger partial charge is 0.346 e. The van der Waals surface area contributed by atoms with Gasteiger partial charge in [0.25, 0.3) is 11.1 Å². The van der Waals surface area contributed by atoms with Gasteiger partial charge in [-0.2, -0.15) is 9.50 Å². The number of halogens is 1. The van der Waals surface area contributed by atoms with Crippen molar-refractivity contribution in [2.45, 2.75) is 25.4 Å². The third kappa shape index (κ3) is 3.66. The number of hydrogen-bond donors (Lipinski definition) is 1. The number of nitrogens with zero attached hydrogens (tertiary/aromatic N) is 7. The minimum Gasteiger partial charge on any atom is -0.346 e. The predicted molar refractivity (Wildman–Crippen MR) is 128 cm³/mol. The van der Waals surface area contributed by atoms with Crippen molar-refractivity contribution in [3.63, 3.8) is 0 Å². The highest BCUT2D eigenvalue weighted by atomic mass is 35.5. The van der Waals surface area contributed by atoms with Gasteiger partial charge in [-0.1, -0.05) is 48.6 Å². The third-order valence-corrected chi connectivity index (χ3v) is 5.92. The van der Waals surface area contributed by atoms with Gasteiger partial charge in [-0.3, -0.25) is 14.2 Å². The normalized spacial score (nSPS) is 16.3. The Morgan fingerprint density at radius 2 is 2.12 bits per heavy atom. The Hall–Kier alpha value is -4.23. The Morgan fingerprint density at radius 3 is 2.97 bits per heavy atom. The van der Waals surface area contributed by atoms with Crippen molar-refractivity contribution in [1.82, 2.24) is 34.1 Å². The molecule has 1 fully saturated rings. The summed E-state index contributed by atoms with van der Waals surface area (Å²) in [6, 6.07) is 2.40. The first kappa shape index (κ1) is 21.6. The number of H-pyrrole nitrogens is 1. The van der Waals surface area contributed by atoms with Crippen LogP contribution in [0.5, 0.6) is 0 Å². The van der Waals surface area contributed by atoms with Crippen molar-refractivity contribution in [2.24, 2.45) is 0 Å². The molecule has 170 valence electrons. The Balaban J connectivity index is 1.66. The lowest BCUT2D eigenvalue weighted by Gasteiger charge is -2.27. The summed E-state index contributed by atoms with van der Waals surface area (Å²) in [5.41, 5.74) is -0.122. The number of fused-ring (bicyclic) bond motifs is 2. The number of aromatic nitrogens is 7. The van der Waals surface area contributed by atoms with Gasteiger partial charge in [0.1, 0.15) is 28.2 Å². The lowest BCUT2D eigenvalue weighted by atomic mass is 10.2. The van der Waals surface area contributed by atoms with E-state index >= 15 is 0 Å². The highest BCUT2D eigenvalue weighted by molar-refractivity contribution is 6.33. The number of rotatable bonds is 6. The average Bonchev–Trinajstić information content (AvgIpc) is 3.47. The maximum atomic E-state index is 13.4. The Labute approximate surface area is 198 Å². The fourth-order valence-corrected chi connectivity index (χ4v) is 4.38. The van der Waals surface area contributed by atoms with Gasteiger partial charge in [0.2, 0.25) is 0 Å². The first-order chi connectivity index (χ1) is 16.6. The first-order valence-electron chi connectivity index (χ1n) is 10.6. The molecule has 1 saturated heterocycles. The second kappa shape index (κ2) is 8.96. The van der Waals surface area contributed by atoms with Gasteiger partial charge >= 0.3 is 0 Å². The van der Waals surface area contributed by atoms with Gasteiger partial charge in [0.05, 0.1) is 12.4 Å². The van der Waals surface area contributed by atoms with E-state index in [-0.39, 0.29) is 28.7 Å². The summed E-state index contributed by atoms with van der Waals surface area (Å²) in [5.74, 6) is 0.963. The summed E-state index contributed by atoms with van der Waals surface area (Å²) < 4.78 is 2.91. The van der Waals surface area contributed by atoms with E-state index in [1.807, 2.05) is 23.1 Å². The van der Waals surface area contributed by atoms with E-state index in [2.05, 4.69) is 43.9 Å². The quantitative estimate of drug-likeness (QED) is 0.427. The standard InChI is InChI=1S/C23H19ClN8O2/c1-2-3-4-5-6-10-31-20(29-32-12-9-15(24)18(32)23(31)34)16-8-7-11-30(16)21-17-19(25-13-27-21)26-14-28-22(17)33/h2-6,13-14,16H,1,7-8,10-11H2,(H,25,26,27,28,33)/b4-3-,6-5-/t16-/m0/s1. The molecule has 4 aromatic heterocycles. The second-order valence-electron chi connectivity index (χ2n) is 7.61. The summed E-state index contributed by atoms with van der Waals surface area (Å²) in [6.45, 7) is 4.54. The first-order valence-corrected chi connectivity index (χ1v) is 11.0. The summed E-state index contributed by atoms with van der Waals surface area (Å²) in [5, 5.41) is 5.15. The van der Waals surface area contributed by atoms with Gasteiger partial charge in [-0.05, 0) is 18.9 Å². The van der Waals surface area contributed by atoms with Crippen molar-refractivity contribution in [1.29, 1.82) is 0 Å². The van der Waals surface area contributed by atoms with Crippen molar-refractivity contribution in [3.05, 3.63) is 93.4 Å². The van der Waals surface area contributed by atoms with E-state index in [0.29, 0.717) is 35.6 Å². The highest BCUT2D eigenvalue weighted by Crippen LogP contribution is 2.35. The molecule has 0 aromatic carbocycles. The summed E-state index contributed by atoms with van der Waals surface area (Å²) in [7, 11) is 0. The Morgan fingerprint density at radius 1 is 1.24 bits per heavy atom. The summed E-state index contributed by atoms with van der Waals surface area (Å²) in [4.78, 5) is 43.3. The molecule has 0 saturated carbocycles. The lowest BCUT2D eigenvalue weighted by molar-refractivity contribution is 0.559. The third-order valence-electron chi connectivity index (χ3n) is 5.65. The molecule has 1 aliphatic rings. The van der Waals surface area contributed by atoms with Crippen LogP contribution in [0.1, 0.15) is 24.7 Å². The van der Waals surface area contributed by atoms with Crippen molar-refractivity contribution in [2.75, 3.05) is 11.4 Å². The van der Waals surface area contributed by atoms with Crippen LogP contribution >= 0.6 is 11.6 Å². The zero-order valence-corrected chi connectivity index (χ0v) is 18.7. The van der Waals surface area contributed by atoms with Crippen molar-refractivity contribution >= 4 is 34.0 Å². The van der Waals surface area contributed by atoms with Crippen LogP contribution in [-0.2, 0) is 6.54 Å². The molecule has 11 heteroatoms. The van der Waals surface area contributed by atoms with Crippen LogP contribution in [0.15, 0.2) is 59.2 Å². The summed E-state index contributed by atoms with van der Waals surface area (Å²) >= 11 is 6.20. The van der Waals surface area contributed by atoms with Crippen LogP contribution in [0, 0.1) is 12.3 Å². The van der Waals surface area contributed by atoms with Gasteiger partial charge < -0.3 is 9.88 Å². The molecule has 0 amide bonds. The fourth-order valence-electron chi connectivity index (χ4n) is 4.17. The molecule has 4 aromatic rings. The van der Waals surface area contributed by atoms with Crippen LogP contribution in [-0.4, -0.2) is 40.7 Å². The number of anilines is 1. The molecule has 0 radical (unpaired) electrons. The number of allylic oxidation sites excluding steroid dienone is 5. The predicted octanol–water partition coefficient (Wildman–Crippen LogP) is 2.42. The number of aromatic amines is 1. The van der Waals surface area contributed by atoms with Gasteiger partial charge in [0, 0.05) is 19.3 Å². The minimum atomic E-state index is -0.423. The molecule has 0 bridgehead atoms. The smallest absolute Gasteiger partial charge is 0.285 e. The molecule has 0 aliphatic carbocycles. The Kier molecular flexibility index (Phi) is 5.69. The molecule has 1 N–H and O–H groups in total. The molecule has 34 heavy (non-hydrogen) atoms. The van der Waals surface area contributed by atoms with E-state index in [1.165, 1.54) is 17.2 Å². The SMILES string of the molecule is C=C/C=C\C=C/Cn1c([C@@H]2CCCN2c2ncnc3[nH]cnc(=O)c23)nn2c#cc(Cl)c2c1=O. The lowest BCUT2D eigenvalue weighted by Crippen LogP contribution is -2.34. The van der Waals surface area contributed by atoms with Crippen molar-refractivity contribution < 1.29 is 0 Å². The molecular weight excluding hydrogens is 456 g/mol. The van der Waals surface area contributed by atoms with E-state index in [1.54, 1.807) is 16.7 Å². The van der Waals surface area contributed by atoms with Crippen LogP contribution in [0.2, 0.25) is 5.02 Å². The van der Waals surface area contributed by atoms with Crippen LogP contribution < -0.4 is 16.0 Å². The number of hydrogen-bond acceptors (Lipinski definition) is 7. The van der Waals surface area contributed by atoms with Crippen LogP contribution in [0.4, 0.5) is 5.82 Å². The van der Waals surface area contributed by atoms with E-state index < -0.39 is 5.56 Å². The zero-order chi connectivity index (χ0) is 23.7.